The van der Waals surface area contributed by atoms with Gasteiger partial charge in [0.1, 0.15) is 6.61 Å². The van der Waals surface area contributed by atoms with Crippen LogP contribution in [0.5, 0.6) is 0 Å². The standard InChI is InChI=1S/C18H27NO3/c1-13(2)16-6-4-15(5-7-16)12-22-18(21)17-8-10-19(11-9-17)14(3)20/h4,16-17H,1,5-12H2,2-3H3. The van der Waals surface area contributed by atoms with Gasteiger partial charge in [0.05, 0.1) is 5.92 Å². The number of likely N-dealkylation sites (tertiary alicyclic amines) is 1. The van der Waals surface area contributed by atoms with Crippen molar-refractivity contribution in [1.82, 2.24) is 4.90 Å². The molecule has 4 nitrogen and oxygen atoms in total. The van der Waals surface area contributed by atoms with E-state index in [1.165, 1.54) is 11.1 Å². The summed E-state index contributed by atoms with van der Waals surface area (Å²) < 4.78 is 5.48. The fourth-order valence-corrected chi connectivity index (χ4v) is 3.18. The van der Waals surface area contributed by atoms with E-state index in [2.05, 4.69) is 19.6 Å². The van der Waals surface area contributed by atoms with Crippen molar-refractivity contribution < 1.29 is 14.3 Å². The normalized spacial score (nSPS) is 22.9. The van der Waals surface area contributed by atoms with Crippen LogP contribution in [0.1, 0.15) is 46.0 Å². The van der Waals surface area contributed by atoms with E-state index in [0.29, 0.717) is 25.6 Å². The van der Waals surface area contributed by atoms with Crippen LogP contribution in [0.2, 0.25) is 0 Å². The van der Waals surface area contributed by atoms with E-state index < -0.39 is 0 Å². The van der Waals surface area contributed by atoms with Crippen LogP contribution in [-0.2, 0) is 14.3 Å². The average molecular weight is 305 g/mol. The maximum atomic E-state index is 12.1. The number of ether oxygens (including phenoxy) is 1. The lowest BCUT2D eigenvalue weighted by Crippen LogP contribution is -2.39. The Morgan fingerprint density at radius 3 is 2.41 bits per heavy atom. The Bertz CT molecular complexity index is 473. The molecule has 1 aliphatic carbocycles. The van der Waals surface area contributed by atoms with Crippen LogP contribution in [-0.4, -0.2) is 36.5 Å². The van der Waals surface area contributed by atoms with Crippen LogP contribution in [0.25, 0.3) is 0 Å². The number of carbonyl (C=O) groups is 2. The summed E-state index contributed by atoms with van der Waals surface area (Å²) in [6.45, 7) is 9.43. The maximum absolute atomic E-state index is 12.1. The van der Waals surface area contributed by atoms with Crippen LogP contribution in [0.3, 0.4) is 0 Å². The minimum atomic E-state index is -0.105. The van der Waals surface area contributed by atoms with Crippen LogP contribution in [0.15, 0.2) is 23.8 Å². The second kappa shape index (κ2) is 7.61. The van der Waals surface area contributed by atoms with E-state index in [4.69, 9.17) is 4.74 Å². The quantitative estimate of drug-likeness (QED) is 0.592. The molecule has 0 saturated carbocycles. The van der Waals surface area contributed by atoms with E-state index in [-0.39, 0.29) is 17.8 Å². The summed E-state index contributed by atoms with van der Waals surface area (Å²) in [5.74, 6) is 0.510. The van der Waals surface area contributed by atoms with E-state index in [1.807, 2.05) is 0 Å². The summed E-state index contributed by atoms with van der Waals surface area (Å²) in [5.41, 5.74) is 2.47. The van der Waals surface area contributed by atoms with Gasteiger partial charge in [-0.3, -0.25) is 9.59 Å². The molecule has 0 aromatic heterocycles. The summed E-state index contributed by atoms with van der Waals surface area (Å²) in [6.07, 6.45) is 6.75. The van der Waals surface area contributed by atoms with Crippen molar-refractivity contribution in [2.75, 3.05) is 19.7 Å². The van der Waals surface area contributed by atoms with Gasteiger partial charge in [-0.1, -0.05) is 18.2 Å². The number of carbonyl (C=O) groups excluding carboxylic acids is 2. The number of allylic oxidation sites excluding steroid dienone is 2. The molecule has 1 amide bonds. The highest BCUT2D eigenvalue weighted by Gasteiger charge is 2.27. The highest BCUT2D eigenvalue weighted by atomic mass is 16.5. The lowest BCUT2D eigenvalue weighted by atomic mass is 9.86. The highest BCUT2D eigenvalue weighted by molar-refractivity contribution is 5.75. The lowest BCUT2D eigenvalue weighted by Gasteiger charge is -2.30. The van der Waals surface area contributed by atoms with Gasteiger partial charge in [0, 0.05) is 20.0 Å². The summed E-state index contributed by atoms with van der Waals surface area (Å²) in [5, 5.41) is 0. The molecule has 122 valence electrons. The Hall–Kier alpha value is -1.58. The Labute approximate surface area is 133 Å². The van der Waals surface area contributed by atoms with Gasteiger partial charge in [0.2, 0.25) is 5.91 Å². The first-order valence-electron chi connectivity index (χ1n) is 8.23. The zero-order valence-electron chi connectivity index (χ0n) is 13.8. The van der Waals surface area contributed by atoms with Gasteiger partial charge in [-0.2, -0.15) is 0 Å². The van der Waals surface area contributed by atoms with Crippen LogP contribution in [0.4, 0.5) is 0 Å². The van der Waals surface area contributed by atoms with Gasteiger partial charge in [-0.05, 0) is 50.5 Å². The van der Waals surface area contributed by atoms with E-state index in [9.17, 15) is 9.59 Å². The molecule has 2 aliphatic rings. The summed E-state index contributed by atoms with van der Waals surface area (Å²) in [4.78, 5) is 25.2. The molecular formula is C18H27NO3. The lowest BCUT2D eigenvalue weighted by molar-refractivity contribution is -0.150. The van der Waals surface area contributed by atoms with E-state index in [0.717, 1.165) is 32.1 Å². The predicted molar refractivity (Wildman–Crippen MR) is 86.2 cm³/mol. The monoisotopic (exact) mass is 305 g/mol. The predicted octanol–water partition coefficient (Wildman–Crippen LogP) is 3.09. The van der Waals surface area contributed by atoms with Crippen molar-refractivity contribution in [3.63, 3.8) is 0 Å². The third-order valence-corrected chi connectivity index (χ3v) is 4.88. The van der Waals surface area contributed by atoms with Gasteiger partial charge in [0.25, 0.3) is 0 Å². The fraction of sp³-hybridized carbons (Fsp3) is 0.667. The number of piperidine rings is 1. The first-order valence-corrected chi connectivity index (χ1v) is 8.23. The SMILES string of the molecule is C=C(C)C1CC=C(COC(=O)C2CCN(C(C)=O)CC2)CC1. The topological polar surface area (TPSA) is 46.6 Å². The highest BCUT2D eigenvalue weighted by Crippen LogP contribution is 2.28. The molecule has 1 atom stereocenters. The second-order valence-electron chi connectivity index (χ2n) is 6.57. The van der Waals surface area contributed by atoms with Gasteiger partial charge < -0.3 is 9.64 Å². The Balaban J connectivity index is 1.73. The van der Waals surface area contributed by atoms with Gasteiger partial charge in [-0.25, -0.2) is 0 Å². The third-order valence-electron chi connectivity index (χ3n) is 4.88. The number of rotatable bonds is 4. The number of nitrogens with zero attached hydrogens (tertiary/aromatic N) is 1. The summed E-state index contributed by atoms with van der Waals surface area (Å²) in [6, 6.07) is 0. The minimum absolute atomic E-state index is 0.0528. The molecule has 0 radical (unpaired) electrons. The first kappa shape index (κ1) is 16.8. The van der Waals surface area contributed by atoms with Crippen molar-refractivity contribution in [2.45, 2.75) is 46.0 Å². The molecule has 4 heteroatoms. The van der Waals surface area contributed by atoms with Gasteiger partial charge in [-0.15, -0.1) is 0 Å². The van der Waals surface area contributed by atoms with Crippen molar-refractivity contribution in [3.05, 3.63) is 23.8 Å². The second-order valence-corrected chi connectivity index (χ2v) is 6.57. The Morgan fingerprint density at radius 1 is 1.23 bits per heavy atom. The molecule has 1 aliphatic heterocycles. The van der Waals surface area contributed by atoms with Crippen LogP contribution >= 0.6 is 0 Å². The molecule has 0 aromatic carbocycles. The summed E-state index contributed by atoms with van der Waals surface area (Å²) in [7, 11) is 0. The number of amides is 1. The molecular weight excluding hydrogens is 278 g/mol. The summed E-state index contributed by atoms with van der Waals surface area (Å²) >= 11 is 0. The Morgan fingerprint density at radius 2 is 1.91 bits per heavy atom. The van der Waals surface area contributed by atoms with E-state index >= 15 is 0 Å². The first-order chi connectivity index (χ1) is 10.5. The van der Waals surface area contributed by atoms with E-state index in [1.54, 1.807) is 11.8 Å². The molecule has 0 spiro atoms. The van der Waals surface area contributed by atoms with Crippen LogP contribution < -0.4 is 0 Å². The molecule has 1 fully saturated rings. The zero-order valence-corrected chi connectivity index (χ0v) is 13.8. The number of hydrogen-bond acceptors (Lipinski definition) is 3. The fourth-order valence-electron chi connectivity index (χ4n) is 3.18. The number of esters is 1. The Kier molecular flexibility index (Phi) is 5.81. The van der Waals surface area contributed by atoms with Gasteiger partial charge in [0.15, 0.2) is 0 Å². The molecule has 2 rings (SSSR count). The third kappa shape index (κ3) is 4.46. The van der Waals surface area contributed by atoms with Crippen molar-refractivity contribution >= 4 is 11.9 Å². The van der Waals surface area contributed by atoms with Crippen molar-refractivity contribution in [3.8, 4) is 0 Å². The average Bonchev–Trinajstić information content (AvgIpc) is 2.53. The molecule has 1 saturated heterocycles. The van der Waals surface area contributed by atoms with Crippen molar-refractivity contribution in [2.24, 2.45) is 11.8 Å². The molecule has 1 heterocycles. The van der Waals surface area contributed by atoms with Crippen molar-refractivity contribution in [1.29, 1.82) is 0 Å². The molecule has 22 heavy (non-hydrogen) atoms. The molecule has 0 bridgehead atoms. The zero-order chi connectivity index (χ0) is 16.1. The largest absolute Gasteiger partial charge is 0.461 e. The number of hydrogen-bond donors (Lipinski definition) is 0. The van der Waals surface area contributed by atoms with Gasteiger partial charge >= 0.3 is 5.97 Å². The maximum Gasteiger partial charge on any atom is 0.309 e. The smallest absolute Gasteiger partial charge is 0.309 e. The minimum Gasteiger partial charge on any atom is -0.461 e. The molecule has 0 aromatic rings. The molecule has 1 unspecified atom stereocenters. The molecule has 0 N–H and O–H groups in total. The van der Waals surface area contributed by atoms with Crippen LogP contribution in [0, 0.1) is 11.8 Å².